The van der Waals surface area contributed by atoms with Crippen LogP contribution in [-0.2, 0) is 5.91 Å². The van der Waals surface area contributed by atoms with Gasteiger partial charge in [-0.3, -0.25) is 0 Å². The van der Waals surface area contributed by atoms with E-state index >= 15 is 0 Å². The first-order chi connectivity index (χ1) is 9.00. The third-order valence-corrected chi connectivity index (χ3v) is 4.02. The van der Waals surface area contributed by atoms with Gasteiger partial charge in [-0.25, -0.2) is 4.90 Å². The van der Waals surface area contributed by atoms with Crippen LogP contribution in [0.1, 0.15) is 38.7 Å². The van der Waals surface area contributed by atoms with Crippen molar-refractivity contribution in [3.05, 3.63) is 35.9 Å². The van der Waals surface area contributed by atoms with E-state index in [1.165, 1.54) is 6.42 Å². The van der Waals surface area contributed by atoms with E-state index < -0.39 is 5.91 Å². The number of piperidine rings is 1. The topological polar surface area (TPSA) is 43.7 Å². The van der Waals surface area contributed by atoms with Crippen molar-refractivity contribution >= 4 is 0 Å². The summed E-state index contributed by atoms with van der Waals surface area (Å²) in [6.07, 6.45) is 3.34. The van der Waals surface area contributed by atoms with Gasteiger partial charge in [0.05, 0.1) is 0 Å². The van der Waals surface area contributed by atoms with Gasteiger partial charge < -0.3 is 10.2 Å². The van der Waals surface area contributed by atoms with Crippen LogP contribution in [0.2, 0.25) is 0 Å². The molecule has 3 nitrogen and oxygen atoms in total. The van der Waals surface area contributed by atoms with Crippen LogP contribution in [0.4, 0.5) is 0 Å². The molecule has 0 unspecified atom stereocenters. The lowest BCUT2D eigenvalue weighted by molar-refractivity contribution is -0.280. The van der Waals surface area contributed by atoms with Crippen molar-refractivity contribution in [2.24, 2.45) is 11.8 Å². The average Bonchev–Trinajstić information content (AvgIpc) is 2.40. The zero-order valence-corrected chi connectivity index (χ0v) is 11.9. The summed E-state index contributed by atoms with van der Waals surface area (Å²) >= 11 is 0. The lowest BCUT2D eigenvalue weighted by atomic mass is 9.88. The molecule has 0 bridgehead atoms. The van der Waals surface area contributed by atoms with Crippen molar-refractivity contribution in [2.75, 3.05) is 13.1 Å². The molecule has 0 amide bonds. The maximum absolute atomic E-state index is 10.4. The molecule has 0 atom stereocenters. The third-order valence-electron chi connectivity index (χ3n) is 4.02. The molecule has 19 heavy (non-hydrogen) atoms. The molecule has 106 valence electrons. The molecular weight excluding hydrogens is 238 g/mol. The van der Waals surface area contributed by atoms with Crippen LogP contribution in [0.5, 0.6) is 0 Å². The lowest BCUT2D eigenvalue weighted by Crippen LogP contribution is -2.49. The predicted octanol–water partition coefficient (Wildman–Crippen LogP) is 2.54. The van der Waals surface area contributed by atoms with Gasteiger partial charge in [-0.1, -0.05) is 44.2 Å². The van der Waals surface area contributed by atoms with Gasteiger partial charge in [0, 0.05) is 18.7 Å². The van der Waals surface area contributed by atoms with Crippen LogP contribution in [0.25, 0.3) is 0 Å². The van der Waals surface area contributed by atoms with E-state index in [2.05, 4.69) is 13.8 Å². The molecular formula is C16H25NO2. The van der Waals surface area contributed by atoms with E-state index in [0.717, 1.165) is 37.8 Å². The van der Waals surface area contributed by atoms with Crippen molar-refractivity contribution in [3.63, 3.8) is 0 Å². The molecule has 0 radical (unpaired) electrons. The third kappa shape index (κ3) is 3.56. The number of nitrogens with zero attached hydrogens (tertiary/aromatic N) is 1. The van der Waals surface area contributed by atoms with Crippen molar-refractivity contribution in [1.82, 2.24) is 4.90 Å². The number of benzene rings is 1. The van der Waals surface area contributed by atoms with E-state index in [4.69, 9.17) is 0 Å². The van der Waals surface area contributed by atoms with Crippen LogP contribution in [-0.4, -0.2) is 28.2 Å². The normalized spacial score (nSPS) is 19.0. The molecule has 0 aliphatic carbocycles. The molecule has 1 aromatic carbocycles. The molecule has 2 N–H and O–H groups in total. The molecule has 1 aliphatic heterocycles. The van der Waals surface area contributed by atoms with Gasteiger partial charge in [0.25, 0.3) is 5.91 Å². The fraction of sp³-hybridized carbons (Fsp3) is 0.625. The second-order valence-electron chi connectivity index (χ2n) is 6.06. The number of rotatable bonds is 4. The van der Waals surface area contributed by atoms with E-state index in [1.807, 2.05) is 18.2 Å². The predicted molar refractivity (Wildman–Crippen MR) is 76.3 cm³/mol. The molecule has 2 rings (SSSR count). The van der Waals surface area contributed by atoms with Crippen molar-refractivity contribution in [1.29, 1.82) is 0 Å². The minimum Gasteiger partial charge on any atom is -0.349 e. The van der Waals surface area contributed by atoms with Gasteiger partial charge in [0.2, 0.25) is 0 Å². The highest BCUT2D eigenvalue weighted by atomic mass is 16.5. The van der Waals surface area contributed by atoms with Gasteiger partial charge >= 0.3 is 0 Å². The Balaban J connectivity index is 1.97. The second kappa shape index (κ2) is 6.04. The van der Waals surface area contributed by atoms with Crippen LogP contribution in [0.3, 0.4) is 0 Å². The van der Waals surface area contributed by atoms with Gasteiger partial charge in [-0.2, -0.15) is 0 Å². The molecule has 1 saturated heterocycles. The largest absolute Gasteiger partial charge is 0.349 e. The minimum atomic E-state index is -1.83. The van der Waals surface area contributed by atoms with Crippen LogP contribution in [0.15, 0.2) is 30.3 Å². The Kier molecular flexibility index (Phi) is 4.61. The quantitative estimate of drug-likeness (QED) is 0.820. The molecule has 0 spiro atoms. The van der Waals surface area contributed by atoms with Crippen molar-refractivity contribution in [2.45, 2.75) is 39.0 Å². The van der Waals surface area contributed by atoms with Crippen LogP contribution in [0, 0.1) is 11.8 Å². The number of likely N-dealkylation sites (tertiary alicyclic amines) is 1. The first-order valence-electron chi connectivity index (χ1n) is 7.25. The summed E-state index contributed by atoms with van der Waals surface area (Å²) in [4.78, 5) is 1.78. The Hall–Kier alpha value is -0.900. The van der Waals surface area contributed by atoms with Gasteiger partial charge in [-0.05, 0) is 31.1 Å². The summed E-state index contributed by atoms with van der Waals surface area (Å²) < 4.78 is 0. The second-order valence-corrected chi connectivity index (χ2v) is 6.06. The van der Waals surface area contributed by atoms with Gasteiger partial charge in [0.1, 0.15) is 0 Å². The molecule has 1 aliphatic rings. The maximum atomic E-state index is 10.4. The molecule has 1 heterocycles. The smallest absolute Gasteiger partial charge is 0.253 e. The summed E-state index contributed by atoms with van der Waals surface area (Å²) in [5, 5.41) is 20.7. The molecule has 3 heteroatoms. The number of aliphatic hydroxyl groups is 2. The van der Waals surface area contributed by atoms with Crippen molar-refractivity contribution < 1.29 is 10.2 Å². The zero-order chi connectivity index (χ0) is 13.9. The summed E-state index contributed by atoms with van der Waals surface area (Å²) in [6.45, 7) is 6.00. The fourth-order valence-electron chi connectivity index (χ4n) is 2.99. The first-order valence-corrected chi connectivity index (χ1v) is 7.25. The molecule has 1 aromatic rings. The average molecular weight is 263 g/mol. The number of hydrogen-bond donors (Lipinski definition) is 2. The highest BCUT2D eigenvalue weighted by Gasteiger charge is 2.36. The highest BCUT2D eigenvalue weighted by molar-refractivity contribution is 5.19. The molecule has 1 fully saturated rings. The van der Waals surface area contributed by atoms with Gasteiger partial charge in [-0.15, -0.1) is 0 Å². The highest BCUT2D eigenvalue weighted by Crippen LogP contribution is 2.30. The standard InChI is InChI=1S/C16H25NO2/c1-13(2)12-14-8-10-17(11-9-14)16(18,19)15-6-4-3-5-7-15/h3-7,13-14,18-19H,8-12H2,1-2H3. The minimum absolute atomic E-state index is 0.553. The molecule has 0 saturated carbocycles. The zero-order valence-electron chi connectivity index (χ0n) is 11.9. The maximum Gasteiger partial charge on any atom is 0.253 e. The van der Waals surface area contributed by atoms with Gasteiger partial charge in [0.15, 0.2) is 0 Å². The van der Waals surface area contributed by atoms with E-state index in [0.29, 0.717) is 5.56 Å². The summed E-state index contributed by atoms with van der Waals surface area (Å²) in [7, 11) is 0. The SMILES string of the molecule is CC(C)CC1CCN(C(O)(O)c2ccccc2)CC1. The van der Waals surface area contributed by atoms with E-state index in [1.54, 1.807) is 17.0 Å². The Labute approximate surface area is 115 Å². The monoisotopic (exact) mass is 263 g/mol. The fourth-order valence-corrected chi connectivity index (χ4v) is 2.99. The Morgan fingerprint density at radius 3 is 2.26 bits per heavy atom. The Morgan fingerprint density at radius 2 is 1.74 bits per heavy atom. The van der Waals surface area contributed by atoms with Crippen molar-refractivity contribution in [3.8, 4) is 0 Å². The lowest BCUT2D eigenvalue weighted by Gasteiger charge is -2.40. The Morgan fingerprint density at radius 1 is 1.16 bits per heavy atom. The van der Waals surface area contributed by atoms with E-state index in [-0.39, 0.29) is 0 Å². The number of hydrogen-bond acceptors (Lipinski definition) is 3. The van der Waals surface area contributed by atoms with E-state index in [9.17, 15) is 10.2 Å². The summed E-state index contributed by atoms with van der Waals surface area (Å²) in [5.74, 6) is -0.383. The molecule has 0 aromatic heterocycles. The van der Waals surface area contributed by atoms with Crippen LogP contribution >= 0.6 is 0 Å². The Bertz CT molecular complexity index is 381. The van der Waals surface area contributed by atoms with Crippen LogP contribution < -0.4 is 0 Å². The first kappa shape index (κ1) is 14.5. The summed E-state index contributed by atoms with van der Waals surface area (Å²) in [6, 6.07) is 9.08. The summed E-state index contributed by atoms with van der Waals surface area (Å²) in [5.41, 5.74) is 0.553.